The number of rotatable bonds is 7. The van der Waals surface area contributed by atoms with E-state index < -0.39 is 18.5 Å². The maximum atomic E-state index is 13.6. The Bertz CT molecular complexity index is 1230. The fourth-order valence-electron chi connectivity index (χ4n) is 3.77. The Balaban J connectivity index is 1.28. The number of hydrogen-bond donors (Lipinski definition) is 1. The molecule has 0 saturated heterocycles. The molecule has 0 radical (unpaired) electrons. The molecule has 0 atom stereocenters. The van der Waals surface area contributed by atoms with Crippen molar-refractivity contribution >= 4 is 33.4 Å². The van der Waals surface area contributed by atoms with Gasteiger partial charge in [0.2, 0.25) is 0 Å². The highest BCUT2D eigenvalue weighted by atomic mass is 32.1. The SMILES string of the molecule is Cc1ccc(CNC(=O)COC(=O)CCn2cnc3sc4c(c3c2=O)CCCC4)cc1F. The molecule has 3 aromatic rings. The van der Waals surface area contributed by atoms with Gasteiger partial charge >= 0.3 is 5.97 Å². The van der Waals surface area contributed by atoms with Crippen LogP contribution in [0.1, 0.15) is 40.8 Å². The van der Waals surface area contributed by atoms with Gasteiger partial charge in [0.05, 0.1) is 18.1 Å². The second-order valence-electron chi connectivity index (χ2n) is 7.91. The second kappa shape index (κ2) is 9.60. The van der Waals surface area contributed by atoms with Crippen LogP contribution in [-0.2, 0) is 40.3 Å². The summed E-state index contributed by atoms with van der Waals surface area (Å²) in [5.74, 6) is -1.40. The van der Waals surface area contributed by atoms with E-state index in [4.69, 9.17) is 4.74 Å². The Hall–Kier alpha value is -3.07. The molecule has 168 valence electrons. The largest absolute Gasteiger partial charge is 0.456 e. The fourth-order valence-corrected chi connectivity index (χ4v) is 4.99. The molecule has 0 unspecified atom stereocenters. The number of aromatic nitrogens is 2. The van der Waals surface area contributed by atoms with Crippen molar-refractivity contribution in [1.29, 1.82) is 0 Å². The summed E-state index contributed by atoms with van der Waals surface area (Å²) in [5, 5.41) is 3.26. The normalized spacial score (nSPS) is 13.1. The Labute approximate surface area is 188 Å². The van der Waals surface area contributed by atoms with Crippen molar-refractivity contribution in [2.45, 2.75) is 52.1 Å². The number of esters is 1. The molecule has 1 N–H and O–H groups in total. The summed E-state index contributed by atoms with van der Waals surface area (Å²) in [6, 6.07) is 4.71. The molecule has 1 aliphatic carbocycles. The average molecular weight is 458 g/mol. The van der Waals surface area contributed by atoms with Gasteiger partial charge in [0.15, 0.2) is 6.61 Å². The number of thiophene rings is 1. The zero-order valence-corrected chi connectivity index (χ0v) is 18.6. The molecule has 1 aliphatic rings. The van der Waals surface area contributed by atoms with E-state index in [2.05, 4.69) is 10.3 Å². The molecule has 1 amide bonds. The Morgan fingerprint density at radius 1 is 1.28 bits per heavy atom. The van der Waals surface area contributed by atoms with Crippen molar-refractivity contribution in [3.05, 3.63) is 62.3 Å². The lowest BCUT2D eigenvalue weighted by atomic mass is 9.97. The predicted molar refractivity (Wildman–Crippen MR) is 119 cm³/mol. The van der Waals surface area contributed by atoms with E-state index in [9.17, 15) is 18.8 Å². The standard InChI is InChI=1S/C23H24FN3O4S/c1-14-6-7-15(10-17(14)24)11-25-19(28)12-31-20(29)8-9-27-13-26-22-21(23(27)30)16-4-2-3-5-18(16)32-22/h6-7,10,13H,2-5,8-9,11-12H2,1H3,(H,25,28). The molecule has 2 heterocycles. The number of ether oxygens (including phenoxy) is 1. The van der Waals surface area contributed by atoms with Crippen LogP contribution >= 0.6 is 11.3 Å². The highest BCUT2D eigenvalue weighted by molar-refractivity contribution is 7.18. The van der Waals surface area contributed by atoms with Crippen LogP contribution in [0.4, 0.5) is 4.39 Å². The molecule has 9 heteroatoms. The average Bonchev–Trinajstić information content (AvgIpc) is 3.17. The van der Waals surface area contributed by atoms with Gasteiger partial charge in [0.1, 0.15) is 10.6 Å². The summed E-state index contributed by atoms with van der Waals surface area (Å²) in [7, 11) is 0. The number of fused-ring (bicyclic) bond motifs is 3. The van der Waals surface area contributed by atoms with Crippen molar-refractivity contribution in [2.24, 2.45) is 0 Å². The van der Waals surface area contributed by atoms with Gasteiger partial charge < -0.3 is 10.1 Å². The van der Waals surface area contributed by atoms with E-state index in [0.717, 1.165) is 36.1 Å². The van der Waals surface area contributed by atoms with Crippen LogP contribution in [0.25, 0.3) is 10.2 Å². The van der Waals surface area contributed by atoms with E-state index >= 15 is 0 Å². The minimum absolute atomic E-state index is 0.0458. The molecule has 0 fully saturated rings. The molecular weight excluding hydrogens is 433 g/mol. The quantitative estimate of drug-likeness (QED) is 0.551. The first-order chi connectivity index (χ1) is 15.4. The van der Waals surface area contributed by atoms with E-state index in [1.165, 1.54) is 21.8 Å². The first-order valence-electron chi connectivity index (χ1n) is 10.6. The number of amides is 1. The van der Waals surface area contributed by atoms with Crippen LogP contribution < -0.4 is 10.9 Å². The van der Waals surface area contributed by atoms with Crippen LogP contribution in [0.2, 0.25) is 0 Å². The molecular formula is C23H24FN3O4S. The summed E-state index contributed by atoms with van der Waals surface area (Å²) in [6.45, 7) is 1.50. The smallest absolute Gasteiger partial charge is 0.308 e. The lowest BCUT2D eigenvalue weighted by molar-refractivity contribution is -0.148. The molecule has 4 rings (SSSR count). The van der Waals surface area contributed by atoms with Gasteiger partial charge in [-0.25, -0.2) is 9.37 Å². The predicted octanol–water partition coefficient (Wildman–Crippen LogP) is 3.03. The Morgan fingerprint density at radius 2 is 2.09 bits per heavy atom. The zero-order chi connectivity index (χ0) is 22.7. The van der Waals surface area contributed by atoms with E-state index in [1.807, 2.05) is 0 Å². The summed E-state index contributed by atoms with van der Waals surface area (Å²) < 4.78 is 20.0. The number of nitrogens with zero attached hydrogens (tertiary/aromatic N) is 2. The Kier molecular flexibility index (Phi) is 6.64. The van der Waals surface area contributed by atoms with Crippen LogP contribution in [0, 0.1) is 12.7 Å². The van der Waals surface area contributed by atoms with E-state index in [1.54, 1.807) is 30.4 Å². The number of halogens is 1. The molecule has 0 saturated carbocycles. The van der Waals surface area contributed by atoms with Gasteiger partial charge in [0, 0.05) is 18.0 Å². The zero-order valence-electron chi connectivity index (χ0n) is 17.8. The van der Waals surface area contributed by atoms with Crippen LogP contribution in [-0.4, -0.2) is 28.0 Å². The number of carbonyl (C=O) groups excluding carboxylic acids is 2. The lowest BCUT2D eigenvalue weighted by Gasteiger charge is -2.10. The monoisotopic (exact) mass is 457 g/mol. The van der Waals surface area contributed by atoms with Crippen molar-refractivity contribution in [3.8, 4) is 0 Å². The third-order valence-electron chi connectivity index (χ3n) is 5.59. The van der Waals surface area contributed by atoms with Crippen molar-refractivity contribution in [3.63, 3.8) is 0 Å². The fraction of sp³-hybridized carbons (Fsp3) is 0.391. The number of aryl methyl sites for hydroxylation is 4. The van der Waals surface area contributed by atoms with Gasteiger partial charge in [-0.15, -0.1) is 11.3 Å². The van der Waals surface area contributed by atoms with Gasteiger partial charge in [-0.05, 0) is 55.4 Å². The highest BCUT2D eigenvalue weighted by Gasteiger charge is 2.20. The van der Waals surface area contributed by atoms with Crippen LogP contribution in [0.5, 0.6) is 0 Å². The van der Waals surface area contributed by atoms with Crippen molar-refractivity contribution in [1.82, 2.24) is 14.9 Å². The maximum Gasteiger partial charge on any atom is 0.308 e. The van der Waals surface area contributed by atoms with Crippen LogP contribution in [0.3, 0.4) is 0 Å². The second-order valence-corrected chi connectivity index (χ2v) is 8.99. The first-order valence-corrected chi connectivity index (χ1v) is 11.4. The molecule has 0 bridgehead atoms. The summed E-state index contributed by atoms with van der Waals surface area (Å²) in [4.78, 5) is 43.2. The topological polar surface area (TPSA) is 90.3 Å². The number of nitrogens with one attached hydrogen (secondary N) is 1. The Morgan fingerprint density at radius 3 is 2.91 bits per heavy atom. The van der Waals surface area contributed by atoms with Gasteiger partial charge in [-0.1, -0.05) is 12.1 Å². The minimum atomic E-state index is -0.583. The molecule has 1 aromatic carbocycles. The maximum absolute atomic E-state index is 13.6. The summed E-state index contributed by atoms with van der Waals surface area (Å²) >= 11 is 1.58. The highest BCUT2D eigenvalue weighted by Crippen LogP contribution is 2.33. The first kappa shape index (κ1) is 22.1. The van der Waals surface area contributed by atoms with Crippen molar-refractivity contribution < 1.29 is 18.7 Å². The van der Waals surface area contributed by atoms with Crippen molar-refractivity contribution in [2.75, 3.05) is 6.61 Å². The van der Waals surface area contributed by atoms with Gasteiger partial charge in [0.25, 0.3) is 11.5 Å². The van der Waals surface area contributed by atoms with Gasteiger partial charge in [-0.3, -0.25) is 19.0 Å². The minimum Gasteiger partial charge on any atom is -0.456 e. The molecule has 32 heavy (non-hydrogen) atoms. The molecule has 7 nitrogen and oxygen atoms in total. The third kappa shape index (κ3) is 4.88. The molecule has 0 spiro atoms. The lowest BCUT2D eigenvalue weighted by Crippen LogP contribution is -2.29. The van der Waals surface area contributed by atoms with E-state index in [-0.39, 0.29) is 30.9 Å². The van der Waals surface area contributed by atoms with Gasteiger partial charge in [-0.2, -0.15) is 0 Å². The van der Waals surface area contributed by atoms with E-state index in [0.29, 0.717) is 16.5 Å². The third-order valence-corrected chi connectivity index (χ3v) is 6.79. The number of benzene rings is 1. The summed E-state index contributed by atoms with van der Waals surface area (Å²) in [5.41, 5.74) is 2.12. The van der Waals surface area contributed by atoms with Crippen LogP contribution in [0.15, 0.2) is 29.3 Å². The molecule has 2 aromatic heterocycles. The summed E-state index contributed by atoms with van der Waals surface area (Å²) in [6.07, 6.45) is 5.50. The number of hydrogen-bond acceptors (Lipinski definition) is 6. The number of carbonyl (C=O) groups is 2. The molecule has 0 aliphatic heterocycles.